The molecule has 3 nitrogen and oxygen atoms in total. The second-order valence-corrected chi connectivity index (χ2v) is 5.31. The molecule has 0 aliphatic rings. The maximum Gasteiger partial charge on any atom is 0.342 e. The molecule has 2 aromatic carbocycles. The fraction of sp³-hybridized carbons (Fsp3) is 0.150. The quantitative estimate of drug-likeness (QED) is 0.638. The molecule has 116 valence electrons. The van der Waals surface area contributed by atoms with Crippen LogP contribution < -0.4 is 0 Å². The molecule has 0 bridgehead atoms. The van der Waals surface area contributed by atoms with Crippen LogP contribution in [0.25, 0.3) is 16.5 Å². The zero-order chi connectivity index (χ0) is 16.4. The average molecular weight is 306 g/mol. The molecule has 0 fully saturated rings. The Morgan fingerprint density at radius 1 is 1.13 bits per heavy atom. The molecule has 0 unspecified atom stereocenters. The highest BCUT2D eigenvalue weighted by Gasteiger charge is 2.20. The first-order valence-corrected chi connectivity index (χ1v) is 7.56. The van der Waals surface area contributed by atoms with Crippen molar-refractivity contribution in [2.45, 2.75) is 13.8 Å². The van der Waals surface area contributed by atoms with Crippen LogP contribution in [-0.4, -0.2) is 12.6 Å². The van der Waals surface area contributed by atoms with Gasteiger partial charge in [0, 0.05) is 5.39 Å². The molecule has 0 saturated carbocycles. The standard InChI is InChI=1S/C20H18O3/c1-4-22-20(21)19-14(3)23-18-11-10-16(12-17(18)19)13(2)15-8-6-5-7-9-15/h5-12H,2,4H2,1,3H3. The number of fused-ring (bicyclic) bond motifs is 1. The van der Waals surface area contributed by atoms with Gasteiger partial charge in [0.2, 0.25) is 0 Å². The van der Waals surface area contributed by atoms with Crippen molar-refractivity contribution in [3.8, 4) is 0 Å². The van der Waals surface area contributed by atoms with Gasteiger partial charge in [0.25, 0.3) is 0 Å². The summed E-state index contributed by atoms with van der Waals surface area (Å²) in [7, 11) is 0. The van der Waals surface area contributed by atoms with Crippen molar-refractivity contribution < 1.29 is 13.9 Å². The van der Waals surface area contributed by atoms with Crippen LogP contribution in [0.4, 0.5) is 0 Å². The van der Waals surface area contributed by atoms with Crippen molar-refractivity contribution in [2.24, 2.45) is 0 Å². The predicted molar refractivity (Wildman–Crippen MR) is 91.5 cm³/mol. The zero-order valence-electron chi connectivity index (χ0n) is 13.3. The molecule has 23 heavy (non-hydrogen) atoms. The summed E-state index contributed by atoms with van der Waals surface area (Å²) in [5, 5.41) is 0.760. The Balaban J connectivity index is 2.09. The Hall–Kier alpha value is -2.81. The van der Waals surface area contributed by atoms with Gasteiger partial charge in [-0.05, 0) is 42.7 Å². The number of esters is 1. The first-order chi connectivity index (χ1) is 11.1. The molecule has 0 atom stereocenters. The molecule has 1 heterocycles. The summed E-state index contributed by atoms with van der Waals surface area (Å²) in [6, 6.07) is 15.7. The van der Waals surface area contributed by atoms with Crippen LogP contribution in [0.15, 0.2) is 59.5 Å². The van der Waals surface area contributed by atoms with E-state index in [-0.39, 0.29) is 5.97 Å². The van der Waals surface area contributed by atoms with E-state index in [9.17, 15) is 4.79 Å². The Bertz CT molecular complexity index is 873. The average Bonchev–Trinajstić information content (AvgIpc) is 2.90. The molecule has 0 radical (unpaired) electrons. The van der Waals surface area contributed by atoms with Crippen molar-refractivity contribution in [3.63, 3.8) is 0 Å². The van der Waals surface area contributed by atoms with Crippen molar-refractivity contribution in [2.75, 3.05) is 6.61 Å². The molecule has 3 heteroatoms. The molecular formula is C20H18O3. The minimum absolute atomic E-state index is 0.335. The summed E-state index contributed by atoms with van der Waals surface area (Å²) in [5.41, 5.74) is 4.07. The van der Waals surface area contributed by atoms with Crippen molar-refractivity contribution in [1.82, 2.24) is 0 Å². The highest BCUT2D eigenvalue weighted by molar-refractivity contribution is 6.05. The molecule has 0 N–H and O–H groups in total. The van der Waals surface area contributed by atoms with Crippen LogP contribution in [-0.2, 0) is 4.74 Å². The van der Waals surface area contributed by atoms with Crippen LogP contribution >= 0.6 is 0 Å². The predicted octanol–water partition coefficient (Wildman–Crippen LogP) is 4.98. The lowest BCUT2D eigenvalue weighted by molar-refractivity contribution is 0.0526. The number of carbonyl (C=O) groups is 1. The van der Waals surface area contributed by atoms with E-state index in [1.165, 1.54) is 0 Å². The van der Waals surface area contributed by atoms with Crippen molar-refractivity contribution in [1.29, 1.82) is 0 Å². The molecule has 0 amide bonds. The maximum atomic E-state index is 12.2. The van der Waals surface area contributed by atoms with Gasteiger partial charge in [-0.25, -0.2) is 4.79 Å². The number of benzene rings is 2. The molecule has 0 aliphatic heterocycles. The normalized spacial score (nSPS) is 10.7. The minimum Gasteiger partial charge on any atom is -0.462 e. The summed E-state index contributed by atoms with van der Waals surface area (Å²) < 4.78 is 10.8. The zero-order valence-corrected chi connectivity index (χ0v) is 13.3. The number of hydrogen-bond donors (Lipinski definition) is 0. The fourth-order valence-corrected chi connectivity index (χ4v) is 2.67. The van der Waals surface area contributed by atoms with E-state index in [1.807, 2.05) is 48.5 Å². The molecular weight excluding hydrogens is 288 g/mol. The SMILES string of the molecule is C=C(c1ccccc1)c1ccc2oc(C)c(C(=O)OCC)c2c1. The van der Waals surface area contributed by atoms with E-state index in [1.54, 1.807) is 13.8 Å². The van der Waals surface area contributed by atoms with Gasteiger partial charge in [-0.3, -0.25) is 0 Å². The third kappa shape index (κ3) is 2.78. The second-order valence-electron chi connectivity index (χ2n) is 5.31. The van der Waals surface area contributed by atoms with Gasteiger partial charge in [0.05, 0.1) is 6.61 Å². The van der Waals surface area contributed by atoms with E-state index in [0.29, 0.717) is 23.5 Å². The number of carbonyl (C=O) groups excluding carboxylic acids is 1. The highest BCUT2D eigenvalue weighted by Crippen LogP contribution is 2.30. The second kappa shape index (κ2) is 6.13. The van der Waals surface area contributed by atoms with Crippen LogP contribution in [0.2, 0.25) is 0 Å². The number of furan rings is 1. The maximum absolute atomic E-state index is 12.2. The van der Waals surface area contributed by atoms with E-state index in [0.717, 1.165) is 22.1 Å². The lowest BCUT2D eigenvalue weighted by atomic mass is 9.97. The van der Waals surface area contributed by atoms with Crippen LogP contribution in [0.1, 0.15) is 34.2 Å². The topological polar surface area (TPSA) is 39.4 Å². The molecule has 0 spiro atoms. The minimum atomic E-state index is -0.355. The first kappa shape index (κ1) is 15.1. The Labute approximate surface area is 135 Å². The van der Waals surface area contributed by atoms with Gasteiger partial charge >= 0.3 is 5.97 Å². The summed E-state index contributed by atoms with van der Waals surface area (Å²) >= 11 is 0. The van der Waals surface area contributed by atoms with Crippen molar-refractivity contribution >= 4 is 22.5 Å². The monoisotopic (exact) mass is 306 g/mol. The van der Waals surface area contributed by atoms with E-state index >= 15 is 0 Å². The number of aryl methyl sites for hydroxylation is 1. The number of hydrogen-bond acceptors (Lipinski definition) is 3. The van der Waals surface area contributed by atoms with Gasteiger partial charge in [0.15, 0.2) is 0 Å². The molecule has 3 aromatic rings. The summed E-state index contributed by atoms with van der Waals surface area (Å²) in [5.74, 6) is 0.215. The van der Waals surface area contributed by atoms with Crippen LogP contribution in [0.5, 0.6) is 0 Å². The van der Waals surface area contributed by atoms with Crippen LogP contribution in [0, 0.1) is 6.92 Å². The smallest absolute Gasteiger partial charge is 0.342 e. The van der Waals surface area contributed by atoms with Gasteiger partial charge in [-0.1, -0.05) is 43.0 Å². The van der Waals surface area contributed by atoms with E-state index < -0.39 is 0 Å². The van der Waals surface area contributed by atoms with Gasteiger partial charge in [-0.15, -0.1) is 0 Å². The van der Waals surface area contributed by atoms with Gasteiger partial charge < -0.3 is 9.15 Å². The van der Waals surface area contributed by atoms with E-state index in [2.05, 4.69) is 6.58 Å². The first-order valence-electron chi connectivity index (χ1n) is 7.56. The Morgan fingerprint density at radius 3 is 2.57 bits per heavy atom. The van der Waals surface area contributed by atoms with Crippen LogP contribution in [0.3, 0.4) is 0 Å². The van der Waals surface area contributed by atoms with E-state index in [4.69, 9.17) is 9.15 Å². The number of rotatable bonds is 4. The highest BCUT2D eigenvalue weighted by atomic mass is 16.5. The Kier molecular flexibility index (Phi) is 4.02. The van der Waals surface area contributed by atoms with Gasteiger partial charge in [-0.2, -0.15) is 0 Å². The summed E-state index contributed by atoms with van der Waals surface area (Å²) in [6.45, 7) is 8.07. The third-order valence-corrected chi connectivity index (χ3v) is 3.81. The molecule has 1 aromatic heterocycles. The lowest BCUT2D eigenvalue weighted by Crippen LogP contribution is -2.05. The van der Waals surface area contributed by atoms with Crippen molar-refractivity contribution in [3.05, 3.63) is 77.6 Å². The summed E-state index contributed by atoms with van der Waals surface area (Å²) in [6.07, 6.45) is 0. The fourth-order valence-electron chi connectivity index (χ4n) is 2.67. The molecule has 0 aliphatic carbocycles. The molecule has 0 saturated heterocycles. The third-order valence-electron chi connectivity index (χ3n) is 3.81. The number of ether oxygens (including phenoxy) is 1. The van der Waals surface area contributed by atoms with Gasteiger partial charge in [0.1, 0.15) is 16.9 Å². The molecule has 3 rings (SSSR count). The summed E-state index contributed by atoms with van der Waals surface area (Å²) in [4.78, 5) is 12.2. The largest absolute Gasteiger partial charge is 0.462 e. The lowest BCUT2D eigenvalue weighted by Gasteiger charge is -2.07. The Morgan fingerprint density at radius 2 is 1.87 bits per heavy atom.